The summed E-state index contributed by atoms with van der Waals surface area (Å²) in [6, 6.07) is 8.67. The summed E-state index contributed by atoms with van der Waals surface area (Å²) in [6.07, 6.45) is 4.34. The van der Waals surface area contributed by atoms with E-state index < -0.39 is 5.60 Å². The predicted octanol–water partition coefficient (Wildman–Crippen LogP) is 3.33. The molecular weight excluding hydrogens is 302 g/mol. The van der Waals surface area contributed by atoms with Gasteiger partial charge in [0, 0.05) is 43.5 Å². The van der Waals surface area contributed by atoms with E-state index in [2.05, 4.69) is 33.4 Å². The van der Waals surface area contributed by atoms with Gasteiger partial charge in [0.25, 0.3) is 0 Å². The molecule has 0 radical (unpaired) electrons. The van der Waals surface area contributed by atoms with Crippen LogP contribution < -0.4 is 5.32 Å². The highest BCUT2D eigenvalue weighted by atomic mass is 16.6. The van der Waals surface area contributed by atoms with Crippen molar-refractivity contribution in [2.45, 2.75) is 45.4 Å². The zero-order chi connectivity index (χ0) is 17.2. The lowest BCUT2D eigenvalue weighted by Gasteiger charge is -2.22. The van der Waals surface area contributed by atoms with Crippen molar-refractivity contribution in [3.63, 3.8) is 0 Å². The molecule has 0 unspecified atom stereocenters. The van der Waals surface area contributed by atoms with Gasteiger partial charge in [-0.2, -0.15) is 0 Å². The van der Waals surface area contributed by atoms with Crippen molar-refractivity contribution in [2.24, 2.45) is 0 Å². The maximum absolute atomic E-state index is 11.9. The van der Waals surface area contributed by atoms with Gasteiger partial charge in [-0.25, -0.2) is 4.79 Å². The van der Waals surface area contributed by atoms with Crippen LogP contribution in [0.25, 0.3) is 10.8 Å². The third-order valence-electron chi connectivity index (χ3n) is 4.10. The number of rotatable bonds is 3. The van der Waals surface area contributed by atoms with E-state index in [1.165, 1.54) is 10.9 Å². The number of benzene rings is 1. The molecule has 128 valence electrons. The number of ether oxygens (including phenoxy) is 1. The lowest BCUT2D eigenvalue weighted by molar-refractivity contribution is 0.0506. The first-order valence-electron chi connectivity index (χ1n) is 8.43. The van der Waals surface area contributed by atoms with Gasteiger partial charge in [-0.3, -0.25) is 9.88 Å². The molecule has 0 bridgehead atoms. The zero-order valence-corrected chi connectivity index (χ0v) is 14.6. The number of hydrogen-bond acceptors (Lipinski definition) is 4. The van der Waals surface area contributed by atoms with Crippen LogP contribution in [0.15, 0.2) is 36.7 Å². The highest BCUT2D eigenvalue weighted by Gasteiger charge is 2.26. The Morgan fingerprint density at radius 1 is 1.33 bits per heavy atom. The van der Waals surface area contributed by atoms with Crippen molar-refractivity contribution < 1.29 is 9.53 Å². The fraction of sp³-hybridized carbons (Fsp3) is 0.474. The number of amides is 1. The molecule has 24 heavy (non-hydrogen) atoms. The normalized spacial score (nSPS) is 18.7. The second-order valence-corrected chi connectivity index (χ2v) is 7.42. The zero-order valence-electron chi connectivity index (χ0n) is 14.6. The van der Waals surface area contributed by atoms with Crippen LogP contribution in [-0.4, -0.2) is 40.7 Å². The van der Waals surface area contributed by atoms with Crippen molar-refractivity contribution in [2.75, 3.05) is 13.1 Å². The molecule has 1 amide bonds. The van der Waals surface area contributed by atoms with Crippen LogP contribution in [-0.2, 0) is 11.3 Å². The van der Waals surface area contributed by atoms with E-state index in [-0.39, 0.29) is 12.1 Å². The monoisotopic (exact) mass is 327 g/mol. The minimum absolute atomic E-state index is 0.157. The molecule has 0 aliphatic carbocycles. The molecule has 5 heteroatoms. The van der Waals surface area contributed by atoms with Gasteiger partial charge >= 0.3 is 6.09 Å². The summed E-state index contributed by atoms with van der Waals surface area (Å²) in [5.41, 5.74) is 0.828. The molecule has 3 rings (SSSR count). The molecule has 0 saturated carbocycles. The Bertz CT molecular complexity index is 724. The van der Waals surface area contributed by atoms with E-state index in [1.54, 1.807) is 0 Å². The number of nitrogens with one attached hydrogen (secondary N) is 1. The van der Waals surface area contributed by atoms with E-state index in [0.717, 1.165) is 31.4 Å². The number of likely N-dealkylation sites (tertiary alicyclic amines) is 1. The van der Waals surface area contributed by atoms with Gasteiger partial charge in [0.15, 0.2) is 0 Å². The molecule has 1 aromatic heterocycles. The average molecular weight is 327 g/mol. The number of nitrogens with zero attached hydrogens (tertiary/aromatic N) is 2. The van der Waals surface area contributed by atoms with Gasteiger partial charge < -0.3 is 10.1 Å². The van der Waals surface area contributed by atoms with Crippen LogP contribution in [0.2, 0.25) is 0 Å². The molecule has 1 aliphatic rings. The van der Waals surface area contributed by atoms with Crippen LogP contribution in [0.4, 0.5) is 4.79 Å². The molecule has 1 atom stereocenters. The summed E-state index contributed by atoms with van der Waals surface area (Å²) >= 11 is 0. The van der Waals surface area contributed by atoms with Crippen LogP contribution in [0.5, 0.6) is 0 Å². The number of alkyl carbamates (subject to hydrolysis) is 1. The smallest absolute Gasteiger partial charge is 0.407 e. The number of carbonyl (C=O) groups excluding carboxylic acids is 1. The van der Waals surface area contributed by atoms with Gasteiger partial charge in [-0.15, -0.1) is 0 Å². The molecule has 5 nitrogen and oxygen atoms in total. The van der Waals surface area contributed by atoms with Gasteiger partial charge in [0.05, 0.1) is 0 Å². The molecule has 1 fully saturated rings. The SMILES string of the molecule is CC(C)(C)OC(=O)N[C@@H]1CCN(Cc2ccc3cnccc3c2)C1. The minimum Gasteiger partial charge on any atom is -0.444 e. The van der Waals surface area contributed by atoms with Gasteiger partial charge in [0.1, 0.15) is 5.60 Å². The van der Waals surface area contributed by atoms with Gasteiger partial charge in [-0.05, 0) is 50.3 Å². The van der Waals surface area contributed by atoms with E-state index in [0.29, 0.717) is 0 Å². The fourth-order valence-corrected chi connectivity index (χ4v) is 3.06. The number of pyridine rings is 1. The highest BCUT2D eigenvalue weighted by molar-refractivity contribution is 5.81. The van der Waals surface area contributed by atoms with Crippen molar-refractivity contribution in [1.29, 1.82) is 0 Å². The third kappa shape index (κ3) is 4.45. The number of fused-ring (bicyclic) bond motifs is 1. The summed E-state index contributed by atoms with van der Waals surface area (Å²) in [7, 11) is 0. The Morgan fingerprint density at radius 3 is 2.96 bits per heavy atom. The first-order chi connectivity index (χ1) is 11.4. The Labute approximate surface area is 143 Å². The lowest BCUT2D eigenvalue weighted by Crippen LogP contribution is -2.40. The maximum atomic E-state index is 11.9. The van der Waals surface area contributed by atoms with Crippen LogP contribution in [0.1, 0.15) is 32.8 Å². The molecule has 1 N–H and O–H groups in total. The minimum atomic E-state index is -0.456. The molecular formula is C19H25N3O2. The Morgan fingerprint density at radius 2 is 2.17 bits per heavy atom. The van der Waals surface area contributed by atoms with Crippen molar-refractivity contribution >= 4 is 16.9 Å². The van der Waals surface area contributed by atoms with Gasteiger partial charge in [0.2, 0.25) is 0 Å². The summed E-state index contributed by atoms with van der Waals surface area (Å²) in [4.78, 5) is 18.4. The first-order valence-corrected chi connectivity index (χ1v) is 8.43. The first kappa shape index (κ1) is 16.7. The molecule has 0 spiro atoms. The topological polar surface area (TPSA) is 54.5 Å². The van der Waals surface area contributed by atoms with Crippen molar-refractivity contribution in [3.8, 4) is 0 Å². The van der Waals surface area contributed by atoms with E-state index in [9.17, 15) is 4.79 Å². The van der Waals surface area contributed by atoms with Crippen LogP contribution in [0.3, 0.4) is 0 Å². The summed E-state index contributed by atoms with van der Waals surface area (Å²) in [6.45, 7) is 8.36. The largest absolute Gasteiger partial charge is 0.444 e. The van der Waals surface area contributed by atoms with E-state index in [1.807, 2.05) is 39.2 Å². The van der Waals surface area contributed by atoms with Gasteiger partial charge in [-0.1, -0.05) is 12.1 Å². The van der Waals surface area contributed by atoms with E-state index in [4.69, 9.17) is 4.74 Å². The van der Waals surface area contributed by atoms with Crippen LogP contribution >= 0.6 is 0 Å². The molecule has 1 saturated heterocycles. The summed E-state index contributed by atoms with van der Waals surface area (Å²) in [5, 5.41) is 5.34. The molecule has 2 aromatic rings. The fourth-order valence-electron chi connectivity index (χ4n) is 3.06. The average Bonchev–Trinajstić information content (AvgIpc) is 2.92. The highest BCUT2D eigenvalue weighted by Crippen LogP contribution is 2.18. The Hall–Kier alpha value is -2.14. The molecule has 2 heterocycles. The lowest BCUT2D eigenvalue weighted by atomic mass is 10.1. The second-order valence-electron chi connectivity index (χ2n) is 7.42. The third-order valence-corrected chi connectivity index (χ3v) is 4.10. The standard InChI is InChI=1S/C19H25N3O2/c1-19(2,3)24-18(23)21-17-7-9-22(13-17)12-14-4-5-16-11-20-8-6-15(16)10-14/h4-6,8,10-11,17H,7,9,12-13H2,1-3H3,(H,21,23)/t17-/m1/s1. The predicted molar refractivity (Wildman–Crippen MR) is 94.8 cm³/mol. The quantitative estimate of drug-likeness (QED) is 0.939. The Kier molecular flexibility index (Phi) is 4.71. The summed E-state index contributed by atoms with van der Waals surface area (Å²) in [5.74, 6) is 0. The number of carbonyl (C=O) groups is 1. The Balaban J connectivity index is 1.54. The number of hydrogen-bond donors (Lipinski definition) is 1. The second kappa shape index (κ2) is 6.77. The molecule has 1 aliphatic heterocycles. The van der Waals surface area contributed by atoms with Crippen molar-refractivity contribution in [3.05, 3.63) is 42.2 Å². The van der Waals surface area contributed by atoms with Crippen LogP contribution in [0, 0.1) is 0 Å². The van der Waals surface area contributed by atoms with E-state index >= 15 is 0 Å². The maximum Gasteiger partial charge on any atom is 0.407 e. The molecule has 1 aromatic carbocycles. The number of aromatic nitrogens is 1. The van der Waals surface area contributed by atoms with Crippen molar-refractivity contribution in [1.82, 2.24) is 15.2 Å². The summed E-state index contributed by atoms with van der Waals surface area (Å²) < 4.78 is 5.33.